The van der Waals surface area contributed by atoms with Crippen LogP contribution in [0.3, 0.4) is 0 Å². The maximum Gasteiger partial charge on any atom is 0.264 e. The van der Waals surface area contributed by atoms with E-state index in [9.17, 15) is 13.2 Å². The molecule has 0 atom stereocenters. The molecule has 4 aromatic rings. The Balaban J connectivity index is 1.39. The lowest BCUT2D eigenvalue weighted by atomic mass is 10.1. The average molecular weight is 477 g/mol. The second-order valence-electron chi connectivity index (χ2n) is 7.75. The highest BCUT2D eigenvalue weighted by molar-refractivity contribution is 7.92. The number of carbonyl (C=O) groups excluding carboxylic acids is 1. The van der Waals surface area contributed by atoms with Crippen molar-refractivity contribution < 1.29 is 17.6 Å². The highest BCUT2D eigenvalue weighted by Gasteiger charge is 2.21. The molecule has 0 aliphatic heterocycles. The number of hydrogen-bond donors (Lipinski definition) is 1. The molecule has 3 aromatic carbocycles. The smallest absolute Gasteiger partial charge is 0.264 e. The Morgan fingerprint density at radius 1 is 0.971 bits per heavy atom. The van der Waals surface area contributed by atoms with Gasteiger partial charge in [-0.3, -0.25) is 9.10 Å². The van der Waals surface area contributed by atoms with Gasteiger partial charge >= 0.3 is 0 Å². The Morgan fingerprint density at radius 2 is 1.71 bits per heavy atom. The number of sulfonamides is 1. The molecule has 1 amide bonds. The summed E-state index contributed by atoms with van der Waals surface area (Å²) in [4.78, 5) is 12.5. The molecule has 0 radical (unpaired) electrons. The normalized spacial score (nSPS) is 11.2. The third-order valence-electron chi connectivity index (χ3n) is 5.23. The molecule has 9 heteroatoms. The highest BCUT2D eigenvalue weighted by atomic mass is 32.2. The number of carbonyl (C=O) groups is 1. The van der Waals surface area contributed by atoms with Crippen molar-refractivity contribution in [2.45, 2.75) is 24.7 Å². The Bertz CT molecular complexity index is 1380. The first-order chi connectivity index (χ1) is 16.3. The van der Waals surface area contributed by atoms with E-state index in [2.05, 4.69) is 15.5 Å². The first kappa shape index (κ1) is 23.2. The number of hydrogen-bond acceptors (Lipinski definition) is 6. The fourth-order valence-electron chi connectivity index (χ4n) is 3.28. The van der Waals surface area contributed by atoms with Crippen LogP contribution < -0.4 is 9.62 Å². The number of para-hydroxylation sites is 1. The van der Waals surface area contributed by atoms with Crippen LogP contribution in [0.4, 0.5) is 11.4 Å². The predicted molar refractivity (Wildman–Crippen MR) is 130 cm³/mol. The van der Waals surface area contributed by atoms with Crippen molar-refractivity contribution in [3.63, 3.8) is 0 Å². The SMILES string of the molecule is Cc1ccc(-c2nnc(CCC(=O)Nc3cccc(S(=O)(=O)N(C)c4ccccc4)c3)o2)cc1. The third kappa shape index (κ3) is 5.32. The largest absolute Gasteiger partial charge is 0.421 e. The van der Waals surface area contributed by atoms with Crippen molar-refractivity contribution in [2.24, 2.45) is 0 Å². The Kier molecular flexibility index (Phi) is 6.74. The standard InChI is InChI=1S/C25H24N4O4S/c1-18-11-13-19(14-12-18)25-28-27-24(33-25)16-15-23(30)26-20-7-6-10-22(17-20)34(31,32)29(2)21-8-4-3-5-9-21/h3-14,17H,15-16H2,1-2H3,(H,26,30). The van der Waals surface area contributed by atoms with Crippen LogP contribution in [0.5, 0.6) is 0 Å². The van der Waals surface area contributed by atoms with Gasteiger partial charge in [0.25, 0.3) is 10.0 Å². The fraction of sp³-hybridized carbons (Fsp3) is 0.160. The zero-order valence-electron chi connectivity index (χ0n) is 18.8. The Morgan fingerprint density at radius 3 is 2.44 bits per heavy atom. The first-order valence-corrected chi connectivity index (χ1v) is 12.1. The summed E-state index contributed by atoms with van der Waals surface area (Å²) in [5.74, 6) is 0.462. The summed E-state index contributed by atoms with van der Waals surface area (Å²) >= 11 is 0. The topological polar surface area (TPSA) is 105 Å². The van der Waals surface area contributed by atoms with Gasteiger partial charge in [0.1, 0.15) is 0 Å². The number of amides is 1. The minimum atomic E-state index is -3.78. The average Bonchev–Trinajstić information content (AvgIpc) is 3.32. The second kappa shape index (κ2) is 9.88. The number of aryl methyl sites for hydroxylation is 2. The number of nitrogens with one attached hydrogen (secondary N) is 1. The summed E-state index contributed by atoms with van der Waals surface area (Å²) in [5.41, 5.74) is 2.87. The van der Waals surface area contributed by atoms with E-state index in [4.69, 9.17) is 4.42 Å². The molecule has 0 fully saturated rings. The quantitative estimate of drug-likeness (QED) is 0.403. The molecule has 0 saturated carbocycles. The summed E-state index contributed by atoms with van der Waals surface area (Å²) in [7, 11) is -2.29. The maximum atomic E-state index is 13.0. The fourth-order valence-corrected chi connectivity index (χ4v) is 4.52. The van der Waals surface area contributed by atoms with Gasteiger partial charge in [-0.2, -0.15) is 0 Å². The number of rotatable bonds is 8. The molecule has 0 aliphatic carbocycles. The molecular weight excluding hydrogens is 452 g/mol. The van der Waals surface area contributed by atoms with E-state index in [1.54, 1.807) is 36.4 Å². The van der Waals surface area contributed by atoms with Gasteiger partial charge in [-0.1, -0.05) is 42.0 Å². The molecule has 174 valence electrons. The van der Waals surface area contributed by atoms with Gasteiger partial charge in [0.15, 0.2) is 0 Å². The van der Waals surface area contributed by atoms with Crippen molar-refractivity contribution in [2.75, 3.05) is 16.7 Å². The number of nitrogens with zero attached hydrogens (tertiary/aromatic N) is 3. The summed E-state index contributed by atoms with van der Waals surface area (Å²) < 4.78 is 32.9. The van der Waals surface area contributed by atoms with Crippen LogP contribution in [0.2, 0.25) is 0 Å². The summed E-state index contributed by atoms with van der Waals surface area (Å²) in [5, 5.41) is 10.8. The number of anilines is 2. The minimum Gasteiger partial charge on any atom is -0.421 e. The lowest BCUT2D eigenvalue weighted by molar-refractivity contribution is -0.116. The molecule has 8 nitrogen and oxygen atoms in total. The molecule has 0 spiro atoms. The van der Waals surface area contributed by atoms with Crippen LogP contribution in [0.1, 0.15) is 17.9 Å². The molecule has 1 aromatic heterocycles. The molecule has 4 rings (SSSR count). The van der Waals surface area contributed by atoms with Crippen molar-refractivity contribution in [3.05, 3.63) is 90.3 Å². The van der Waals surface area contributed by atoms with Gasteiger partial charge in [-0.15, -0.1) is 10.2 Å². The minimum absolute atomic E-state index is 0.0799. The third-order valence-corrected chi connectivity index (χ3v) is 7.01. The highest BCUT2D eigenvalue weighted by Crippen LogP contribution is 2.24. The van der Waals surface area contributed by atoms with Gasteiger partial charge < -0.3 is 9.73 Å². The van der Waals surface area contributed by atoms with Crippen LogP contribution in [-0.2, 0) is 21.2 Å². The summed E-state index contributed by atoms with van der Waals surface area (Å²) in [6.07, 6.45) is 0.371. The van der Waals surface area contributed by atoms with Crippen molar-refractivity contribution in [1.82, 2.24) is 10.2 Å². The van der Waals surface area contributed by atoms with Crippen molar-refractivity contribution in [1.29, 1.82) is 0 Å². The van der Waals surface area contributed by atoms with Crippen LogP contribution in [-0.4, -0.2) is 31.6 Å². The number of aromatic nitrogens is 2. The molecule has 0 bridgehead atoms. The zero-order valence-corrected chi connectivity index (χ0v) is 19.6. The van der Waals surface area contributed by atoms with Gasteiger partial charge in [-0.25, -0.2) is 8.42 Å². The molecule has 1 N–H and O–H groups in total. The molecule has 1 heterocycles. The van der Waals surface area contributed by atoms with E-state index in [-0.39, 0.29) is 23.6 Å². The lowest BCUT2D eigenvalue weighted by Gasteiger charge is -2.19. The van der Waals surface area contributed by atoms with Gasteiger partial charge in [0.2, 0.25) is 17.7 Å². The Hall–Kier alpha value is -3.98. The molecule has 0 aliphatic rings. The van der Waals surface area contributed by atoms with Crippen LogP contribution >= 0.6 is 0 Å². The van der Waals surface area contributed by atoms with Crippen molar-refractivity contribution >= 4 is 27.3 Å². The van der Waals surface area contributed by atoms with Gasteiger partial charge in [0, 0.05) is 31.1 Å². The predicted octanol–water partition coefficient (Wildman–Crippen LogP) is 4.44. The van der Waals surface area contributed by atoms with Gasteiger partial charge in [0.05, 0.1) is 10.6 Å². The van der Waals surface area contributed by atoms with E-state index in [0.29, 0.717) is 23.2 Å². The van der Waals surface area contributed by atoms with Crippen molar-refractivity contribution in [3.8, 4) is 11.5 Å². The first-order valence-electron chi connectivity index (χ1n) is 10.7. The zero-order chi connectivity index (χ0) is 24.1. The van der Waals surface area contributed by atoms with E-state index in [1.807, 2.05) is 37.3 Å². The van der Waals surface area contributed by atoms with Crippen LogP contribution in [0.15, 0.2) is 88.2 Å². The van der Waals surface area contributed by atoms with Gasteiger partial charge in [-0.05, 0) is 49.4 Å². The summed E-state index contributed by atoms with van der Waals surface area (Å²) in [6.45, 7) is 1.99. The van der Waals surface area contributed by atoms with E-state index in [1.165, 1.54) is 23.5 Å². The van der Waals surface area contributed by atoms with Crippen LogP contribution in [0.25, 0.3) is 11.5 Å². The molecular formula is C25H24N4O4S. The number of benzene rings is 3. The Labute approximate surface area is 198 Å². The summed E-state index contributed by atoms with van der Waals surface area (Å²) in [6, 6.07) is 22.7. The maximum absolute atomic E-state index is 13.0. The van der Waals surface area contributed by atoms with E-state index < -0.39 is 10.0 Å². The molecule has 0 saturated heterocycles. The van der Waals surface area contributed by atoms with E-state index >= 15 is 0 Å². The lowest BCUT2D eigenvalue weighted by Crippen LogP contribution is -2.26. The molecule has 34 heavy (non-hydrogen) atoms. The second-order valence-corrected chi connectivity index (χ2v) is 9.72. The molecule has 0 unspecified atom stereocenters. The monoisotopic (exact) mass is 476 g/mol. The van der Waals surface area contributed by atoms with E-state index in [0.717, 1.165) is 11.1 Å². The van der Waals surface area contributed by atoms with Crippen LogP contribution in [0, 0.1) is 6.92 Å².